The fourth-order valence-electron chi connectivity index (χ4n) is 5.75. The van der Waals surface area contributed by atoms with Gasteiger partial charge in [-0.2, -0.15) is 0 Å². The lowest BCUT2D eigenvalue weighted by atomic mass is 9.94. The molecule has 19 heteroatoms. The molecule has 45 heavy (non-hydrogen) atoms. The summed E-state index contributed by atoms with van der Waals surface area (Å²) in [4.78, 5) is 12.1. The molecule has 0 aliphatic carbocycles. The molecule has 262 valence electrons. The molecular formula is C26H45NO18. The number of hydrogen-bond acceptors (Lipinski definition) is 18. The SMILES string of the molecule is CC(=O)N[C@H]1C(O)O[C@H](CO)[C@@H](O[C@@H]2O[C@@H](C)[C@@H](O)[C@@H](O)[C@@H]2O)[C@@H]1O[C@@H]1O[C@H](C)[C@H](O)[C@H](O)[C@H]1O[C@@H]1O[C@@H](C)[C@@H](O)[C@@H](O)[C@@H]1O. The van der Waals surface area contributed by atoms with Crippen LogP contribution in [-0.2, 0) is 38.0 Å². The molecule has 11 N–H and O–H groups in total. The van der Waals surface area contributed by atoms with Crippen molar-refractivity contribution in [2.75, 3.05) is 6.61 Å². The Morgan fingerprint density at radius 2 is 1.00 bits per heavy atom. The largest absolute Gasteiger partial charge is 0.394 e. The first-order valence-corrected chi connectivity index (χ1v) is 14.7. The zero-order chi connectivity index (χ0) is 33.5. The van der Waals surface area contributed by atoms with Crippen LogP contribution in [0.2, 0.25) is 0 Å². The number of carbonyl (C=O) groups is 1. The first kappa shape index (κ1) is 36.6. The maximum atomic E-state index is 12.1. The molecule has 0 saturated carbocycles. The van der Waals surface area contributed by atoms with Crippen LogP contribution in [0.4, 0.5) is 0 Å². The lowest BCUT2D eigenvalue weighted by molar-refractivity contribution is -0.388. The van der Waals surface area contributed by atoms with E-state index in [9.17, 15) is 55.9 Å². The smallest absolute Gasteiger partial charge is 0.217 e. The van der Waals surface area contributed by atoms with Crippen molar-refractivity contribution < 1.29 is 89.0 Å². The Kier molecular flexibility index (Phi) is 12.1. The second kappa shape index (κ2) is 14.9. The average Bonchev–Trinajstić information content (AvgIpc) is 2.99. The average molecular weight is 660 g/mol. The van der Waals surface area contributed by atoms with Gasteiger partial charge < -0.3 is 89.5 Å². The van der Waals surface area contributed by atoms with Crippen LogP contribution in [0.5, 0.6) is 0 Å². The van der Waals surface area contributed by atoms with Crippen molar-refractivity contribution in [3.63, 3.8) is 0 Å². The number of amides is 1. The Bertz CT molecular complexity index is 980. The highest BCUT2D eigenvalue weighted by Gasteiger charge is 2.55. The first-order valence-electron chi connectivity index (χ1n) is 14.7. The van der Waals surface area contributed by atoms with Crippen molar-refractivity contribution in [1.29, 1.82) is 0 Å². The quantitative estimate of drug-likeness (QED) is 0.115. The monoisotopic (exact) mass is 659 g/mol. The highest BCUT2D eigenvalue weighted by atomic mass is 16.8. The van der Waals surface area contributed by atoms with E-state index < -0.39 is 135 Å². The molecule has 4 heterocycles. The van der Waals surface area contributed by atoms with Gasteiger partial charge in [-0.05, 0) is 20.8 Å². The summed E-state index contributed by atoms with van der Waals surface area (Å²) >= 11 is 0. The third-order valence-electron chi connectivity index (χ3n) is 8.49. The fourth-order valence-corrected chi connectivity index (χ4v) is 5.75. The molecule has 0 radical (unpaired) electrons. The number of aliphatic hydroxyl groups excluding tert-OH is 10. The number of carbonyl (C=O) groups excluding carboxylic acids is 1. The van der Waals surface area contributed by atoms with Crippen molar-refractivity contribution in [3.05, 3.63) is 0 Å². The van der Waals surface area contributed by atoms with Gasteiger partial charge in [0.2, 0.25) is 5.91 Å². The van der Waals surface area contributed by atoms with E-state index in [-0.39, 0.29) is 0 Å². The van der Waals surface area contributed by atoms with Gasteiger partial charge in [-0.1, -0.05) is 0 Å². The highest BCUT2D eigenvalue weighted by molar-refractivity contribution is 5.73. The molecule has 0 aromatic rings. The second-order valence-corrected chi connectivity index (χ2v) is 11.8. The van der Waals surface area contributed by atoms with E-state index >= 15 is 0 Å². The van der Waals surface area contributed by atoms with Gasteiger partial charge in [-0.3, -0.25) is 4.79 Å². The lowest BCUT2D eigenvalue weighted by Gasteiger charge is -2.50. The van der Waals surface area contributed by atoms with Crippen LogP contribution in [0.15, 0.2) is 0 Å². The molecule has 1 unspecified atom stereocenters. The van der Waals surface area contributed by atoms with Gasteiger partial charge >= 0.3 is 0 Å². The molecule has 1 amide bonds. The number of ether oxygens (including phenoxy) is 7. The minimum atomic E-state index is -1.82. The van der Waals surface area contributed by atoms with Gasteiger partial charge in [0.15, 0.2) is 25.2 Å². The predicted molar refractivity (Wildman–Crippen MR) is 141 cm³/mol. The van der Waals surface area contributed by atoms with E-state index in [1.54, 1.807) is 0 Å². The lowest BCUT2D eigenvalue weighted by Crippen LogP contribution is -2.69. The van der Waals surface area contributed by atoms with Crippen LogP contribution < -0.4 is 5.32 Å². The molecule has 0 aromatic heterocycles. The molecule has 20 atom stereocenters. The van der Waals surface area contributed by atoms with E-state index in [0.29, 0.717) is 0 Å². The van der Waals surface area contributed by atoms with Crippen LogP contribution in [0.1, 0.15) is 27.7 Å². The number of rotatable bonds is 8. The van der Waals surface area contributed by atoms with Crippen LogP contribution in [0, 0.1) is 0 Å². The van der Waals surface area contributed by atoms with Gasteiger partial charge in [-0.15, -0.1) is 0 Å². The zero-order valence-corrected chi connectivity index (χ0v) is 25.0. The van der Waals surface area contributed by atoms with Crippen LogP contribution in [-0.4, -0.2) is 186 Å². The van der Waals surface area contributed by atoms with Gasteiger partial charge in [0.05, 0.1) is 24.9 Å². The molecule has 4 aliphatic rings. The Hall–Kier alpha value is -1.21. The number of aliphatic hydroxyl groups is 10. The van der Waals surface area contributed by atoms with E-state index in [0.717, 1.165) is 6.92 Å². The van der Waals surface area contributed by atoms with Crippen molar-refractivity contribution >= 4 is 5.91 Å². The van der Waals surface area contributed by atoms with E-state index in [1.807, 2.05) is 0 Å². The summed E-state index contributed by atoms with van der Waals surface area (Å²) in [7, 11) is 0. The fraction of sp³-hybridized carbons (Fsp3) is 0.962. The summed E-state index contributed by atoms with van der Waals surface area (Å²) in [6.45, 7) is 4.51. The van der Waals surface area contributed by atoms with Crippen LogP contribution in [0.3, 0.4) is 0 Å². The van der Waals surface area contributed by atoms with Crippen LogP contribution >= 0.6 is 0 Å². The minimum absolute atomic E-state index is 0.667. The number of hydrogen-bond donors (Lipinski definition) is 11. The Morgan fingerprint density at radius 3 is 1.47 bits per heavy atom. The third kappa shape index (κ3) is 7.60. The van der Waals surface area contributed by atoms with Gasteiger partial charge in [0.25, 0.3) is 0 Å². The second-order valence-electron chi connectivity index (χ2n) is 11.8. The zero-order valence-electron chi connectivity index (χ0n) is 25.0. The summed E-state index contributed by atoms with van der Waals surface area (Å²) in [6.07, 6.45) is -29.5. The molecule has 4 rings (SSSR count). The summed E-state index contributed by atoms with van der Waals surface area (Å²) < 4.78 is 40.1. The topological polar surface area (TPSA) is 296 Å². The maximum Gasteiger partial charge on any atom is 0.217 e. The summed E-state index contributed by atoms with van der Waals surface area (Å²) in [5, 5.41) is 107. The maximum absolute atomic E-state index is 12.1. The standard InChI is InChI=1S/C26H45NO18/c1-6-12(30)15(33)18(36)24(39-6)43-20-10(5-28)42-23(38)11(27-9(4)29)21(20)44-26-22(17(35)14(32)8(3)41-26)45-25-19(37)16(34)13(31)7(2)40-25/h6-8,10-26,28,30-38H,5H2,1-4H3,(H,27,29)/t6-,7-,8+,10+,11+,12+,13+,14-,15+,16+,17-,18-,19-,20+,21+,22+,23?,24-,25-,26-/m0/s1. The van der Waals surface area contributed by atoms with Gasteiger partial charge in [0, 0.05) is 6.92 Å². The Balaban J connectivity index is 1.67. The Morgan fingerprint density at radius 1 is 0.578 bits per heavy atom. The minimum Gasteiger partial charge on any atom is -0.394 e. The van der Waals surface area contributed by atoms with Crippen molar-refractivity contribution in [2.24, 2.45) is 0 Å². The van der Waals surface area contributed by atoms with Crippen LogP contribution in [0.25, 0.3) is 0 Å². The van der Waals surface area contributed by atoms with Crippen molar-refractivity contribution in [3.8, 4) is 0 Å². The molecule has 4 aliphatic heterocycles. The highest BCUT2D eigenvalue weighted by Crippen LogP contribution is 2.35. The van der Waals surface area contributed by atoms with Gasteiger partial charge in [0.1, 0.15) is 79.3 Å². The normalized spacial score (nSPS) is 52.8. The molecule has 19 nitrogen and oxygen atoms in total. The summed E-state index contributed by atoms with van der Waals surface area (Å²) in [5.74, 6) is -0.667. The molecule has 4 saturated heterocycles. The number of nitrogens with one attached hydrogen (secondary N) is 1. The summed E-state index contributed by atoms with van der Waals surface area (Å²) in [6, 6.07) is -1.47. The predicted octanol–water partition coefficient (Wildman–Crippen LogP) is -6.52. The van der Waals surface area contributed by atoms with E-state index in [1.165, 1.54) is 20.8 Å². The van der Waals surface area contributed by atoms with E-state index in [4.69, 9.17) is 33.2 Å². The Labute approximate surface area is 257 Å². The van der Waals surface area contributed by atoms with Crippen molar-refractivity contribution in [2.45, 2.75) is 150 Å². The van der Waals surface area contributed by atoms with E-state index in [2.05, 4.69) is 5.32 Å². The molecule has 0 spiro atoms. The molecule has 4 fully saturated rings. The molecular weight excluding hydrogens is 614 g/mol. The molecule has 0 bridgehead atoms. The first-order chi connectivity index (χ1) is 21.1. The van der Waals surface area contributed by atoms with Gasteiger partial charge in [-0.25, -0.2) is 0 Å². The summed E-state index contributed by atoms with van der Waals surface area (Å²) in [5.41, 5.74) is 0. The van der Waals surface area contributed by atoms with Crippen molar-refractivity contribution in [1.82, 2.24) is 5.32 Å². The molecule has 0 aromatic carbocycles. The third-order valence-corrected chi connectivity index (χ3v) is 8.49.